The lowest BCUT2D eigenvalue weighted by Crippen LogP contribution is -2.33. The van der Waals surface area contributed by atoms with Crippen LogP contribution < -0.4 is 16.4 Å². The lowest BCUT2D eigenvalue weighted by atomic mass is 10.2. The number of aliphatic imine (C=N–C) groups is 1. The maximum absolute atomic E-state index is 12.1. The molecule has 4 N–H and O–H groups in total. The number of hydrogen-bond acceptors (Lipinski definition) is 5. The van der Waals surface area contributed by atoms with Gasteiger partial charge in [0.15, 0.2) is 5.17 Å². The fourth-order valence-corrected chi connectivity index (χ4v) is 2.59. The van der Waals surface area contributed by atoms with Crippen LogP contribution in [0.2, 0.25) is 0 Å². The van der Waals surface area contributed by atoms with Gasteiger partial charge in [0.05, 0.1) is 6.42 Å². The summed E-state index contributed by atoms with van der Waals surface area (Å²) in [4.78, 5) is 37.8. The first-order chi connectivity index (χ1) is 9.94. The van der Waals surface area contributed by atoms with Crippen LogP contribution in [0.15, 0.2) is 29.3 Å². The fourth-order valence-electron chi connectivity index (χ4n) is 1.75. The van der Waals surface area contributed by atoms with E-state index < -0.39 is 11.2 Å². The minimum absolute atomic E-state index is 0.0289. The zero-order chi connectivity index (χ0) is 15.4. The molecule has 0 unspecified atom stereocenters. The summed E-state index contributed by atoms with van der Waals surface area (Å²) in [5.74, 6) is -0.871. The standard InChI is InChI=1S/C13H14N4O3S/c1-7(18)15-8-2-4-9(5-3-8)16-12(20)10-6-11(19)17-13(14)21-10/h2-5,10H,6H2,1H3,(H,15,18)(H,16,20)(H2,14,17,19)/t10-/m0/s1. The topological polar surface area (TPSA) is 114 Å². The molecule has 0 saturated carbocycles. The van der Waals surface area contributed by atoms with Gasteiger partial charge in [-0.25, -0.2) is 0 Å². The number of benzene rings is 1. The quantitative estimate of drug-likeness (QED) is 0.768. The van der Waals surface area contributed by atoms with E-state index >= 15 is 0 Å². The number of rotatable bonds is 3. The number of hydrogen-bond donors (Lipinski definition) is 3. The van der Waals surface area contributed by atoms with E-state index in [0.717, 1.165) is 11.8 Å². The third-order valence-electron chi connectivity index (χ3n) is 2.62. The zero-order valence-corrected chi connectivity index (χ0v) is 12.1. The Morgan fingerprint density at radius 3 is 2.33 bits per heavy atom. The summed E-state index contributed by atoms with van der Waals surface area (Å²) >= 11 is 1.07. The van der Waals surface area contributed by atoms with Gasteiger partial charge < -0.3 is 16.4 Å². The molecule has 0 fully saturated rings. The molecule has 8 heteroatoms. The van der Waals surface area contributed by atoms with Crippen LogP contribution in [-0.2, 0) is 14.4 Å². The summed E-state index contributed by atoms with van der Waals surface area (Å²) in [5, 5.41) is 4.85. The Hall–Kier alpha value is -2.35. The molecule has 2 rings (SSSR count). The van der Waals surface area contributed by atoms with Crippen LogP contribution in [-0.4, -0.2) is 28.1 Å². The zero-order valence-electron chi connectivity index (χ0n) is 11.3. The van der Waals surface area contributed by atoms with E-state index in [-0.39, 0.29) is 23.4 Å². The highest BCUT2D eigenvalue weighted by Gasteiger charge is 2.27. The van der Waals surface area contributed by atoms with Crippen molar-refractivity contribution in [2.24, 2.45) is 10.7 Å². The van der Waals surface area contributed by atoms with Crippen molar-refractivity contribution in [3.05, 3.63) is 24.3 Å². The van der Waals surface area contributed by atoms with E-state index in [1.165, 1.54) is 6.92 Å². The van der Waals surface area contributed by atoms with Crippen LogP contribution in [0.1, 0.15) is 13.3 Å². The van der Waals surface area contributed by atoms with Gasteiger partial charge in [0.25, 0.3) is 0 Å². The van der Waals surface area contributed by atoms with E-state index in [1.54, 1.807) is 24.3 Å². The molecule has 0 aromatic heterocycles. The summed E-state index contributed by atoms with van der Waals surface area (Å²) in [5.41, 5.74) is 6.70. The van der Waals surface area contributed by atoms with Crippen LogP contribution in [0.25, 0.3) is 0 Å². The van der Waals surface area contributed by atoms with Crippen LogP contribution >= 0.6 is 11.8 Å². The molecule has 110 valence electrons. The summed E-state index contributed by atoms with van der Waals surface area (Å²) < 4.78 is 0. The third kappa shape index (κ3) is 4.32. The predicted molar refractivity (Wildman–Crippen MR) is 82.0 cm³/mol. The maximum Gasteiger partial charge on any atom is 0.249 e. The largest absolute Gasteiger partial charge is 0.378 e. The smallest absolute Gasteiger partial charge is 0.249 e. The van der Waals surface area contributed by atoms with Crippen molar-refractivity contribution in [3.8, 4) is 0 Å². The van der Waals surface area contributed by atoms with Crippen molar-refractivity contribution in [1.29, 1.82) is 0 Å². The van der Waals surface area contributed by atoms with Crippen molar-refractivity contribution in [1.82, 2.24) is 0 Å². The summed E-state index contributed by atoms with van der Waals surface area (Å²) in [6, 6.07) is 6.67. The second kappa shape index (κ2) is 6.40. The molecule has 7 nitrogen and oxygen atoms in total. The molecule has 0 aliphatic carbocycles. The molecule has 0 spiro atoms. The molecular formula is C13H14N4O3S. The number of anilines is 2. The number of carbonyl (C=O) groups excluding carboxylic acids is 3. The molecule has 1 aliphatic rings. The molecule has 21 heavy (non-hydrogen) atoms. The van der Waals surface area contributed by atoms with E-state index in [2.05, 4.69) is 15.6 Å². The summed E-state index contributed by atoms with van der Waals surface area (Å²) in [6.45, 7) is 1.42. The highest BCUT2D eigenvalue weighted by atomic mass is 32.2. The molecule has 0 radical (unpaired) electrons. The van der Waals surface area contributed by atoms with Crippen LogP contribution in [0.4, 0.5) is 11.4 Å². The van der Waals surface area contributed by atoms with Gasteiger partial charge in [-0.2, -0.15) is 4.99 Å². The maximum atomic E-state index is 12.1. The highest BCUT2D eigenvalue weighted by Crippen LogP contribution is 2.22. The van der Waals surface area contributed by atoms with Gasteiger partial charge in [-0.1, -0.05) is 11.8 Å². The van der Waals surface area contributed by atoms with Gasteiger partial charge >= 0.3 is 0 Å². The van der Waals surface area contributed by atoms with Crippen molar-refractivity contribution in [3.63, 3.8) is 0 Å². The Labute approximate surface area is 125 Å². The first-order valence-corrected chi connectivity index (χ1v) is 7.04. The van der Waals surface area contributed by atoms with Gasteiger partial charge in [0.2, 0.25) is 17.7 Å². The van der Waals surface area contributed by atoms with Gasteiger partial charge in [-0.3, -0.25) is 14.4 Å². The number of amides is 3. The molecule has 1 aromatic carbocycles. The Kier molecular flexibility index (Phi) is 4.59. The minimum atomic E-state index is -0.579. The van der Waals surface area contributed by atoms with Gasteiger partial charge in [0.1, 0.15) is 5.25 Å². The van der Waals surface area contributed by atoms with Crippen LogP contribution in [0, 0.1) is 0 Å². The number of nitrogens with two attached hydrogens (primary N) is 1. The molecule has 1 aromatic rings. The molecule has 0 saturated heterocycles. The number of carbonyl (C=O) groups is 3. The first kappa shape index (κ1) is 15.0. The van der Waals surface area contributed by atoms with E-state index in [0.29, 0.717) is 11.4 Å². The van der Waals surface area contributed by atoms with E-state index in [9.17, 15) is 14.4 Å². The van der Waals surface area contributed by atoms with Gasteiger partial charge in [-0.05, 0) is 24.3 Å². The summed E-state index contributed by atoms with van der Waals surface area (Å²) in [6.07, 6.45) is 0.0289. The van der Waals surface area contributed by atoms with E-state index in [1.807, 2.05) is 0 Å². The normalized spacial score (nSPS) is 17.9. The van der Waals surface area contributed by atoms with Crippen LogP contribution in [0.3, 0.4) is 0 Å². The lowest BCUT2D eigenvalue weighted by Gasteiger charge is -2.17. The van der Waals surface area contributed by atoms with Crippen molar-refractivity contribution < 1.29 is 14.4 Å². The second-order valence-corrected chi connectivity index (χ2v) is 5.63. The fraction of sp³-hybridized carbons (Fsp3) is 0.231. The van der Waals surface area contributed by atoms with E-state index in [4.69, 9.17) is 5.73 Å². The Balaban J connectivity index is 1.98. The van der Waals surface area contributed by atoms with Crippen molar-refractivity contribution >= 4 is 46.0 Å². The minimum Gasteiger partial charge on any atom is -0.378 e. The Morgan fingerprint density at radius 2 is 1.81 bits per heavy atom. The average Bonchev–Trinajstić information content (AvgIpc) is 2.39. The number of nitrogens with one attached hydrogen (secondary N) is 2. The predicted octanol–water partition coefficient (Wildman–Crippen LogP) is 0.930. The molecule has 1 atom stereocenters. The number of amidine groups is 1. The summed E-state index contributed by atoms with van der Waals surface area (Å²) in [7, 11) is 0. The molecule has 1 aliphatic heterocycles. The molecular weight excluding hydrogens is 292 g/mol. The Bertz CT molecular complexity index is 612. The SMILES string of the molecule is CC(=O)Nc1ccc(NC(=O)[C@@H]2CC(=O)N=C(N)S2)cc1. The first-order valence-electron chi connectivity index (χ1n) is 6.16. The Morgan fingerprint density at radius 1 is 1.24 bits per heavy atom. The molecule has 3 amide bonds. The lowest BCUT2D eigenvalue weighted by molar-refractivity contribution is -0.121. The second-order valence-electron chi connectivity index (χ2n) is 4.40. The third-order valence-corrected chi connectivity index (χ3v) is 3.62. The van der Waals surface area contributed by atoms with Crippen LogP contribution in [0.5, 0.6) is 0 Å². The monoisotopic (exact) mass is 306 g/mol. The van der Waals surface area contributed by atoms with Crippen molar-refractivity contribution in [2.75, 3.05) is 10.6 Å². The van der Waals surface area contributed by atoms with Gasteiger partial charge in [-0.15, -0.1) is 0 Å². The van der Waals surface area contributed by atoms with Gasteiger partial charge in [0, 0.05) is 18.3 Å². The molecule has 1 heterocycles. The molecule has 0 bridgehead atoms. The average molecular weight is 306 g/mol. The number of thioether (sulfide) groups is 1. The highest BCUT2D eigenvalue weighted by molar-refractivity contribution is 8.15. The number of nitrogens with zero attached hydrogens (tertiary/aromatic N) is 1. The van der Waals surface area contributed by atoms with Crippen molar-refractivity contribution in [2.45, 2.75) is 18.6 Å².